The molecule has 176 valence electrons. The molecule has 0 aromatic heterocycles. The summed E-state index contributed by atoms with van der Waals surface area (Å²) in [6, 6.07) is 1.58. The second-order valence-corrected chi connectivity index (χ2v) is 10.7. The molecule has 0 unspecified atom stereocenters. The first-order valence-electron chi connectivity index (χ1n) is 13.7. The normalized spacial score (nSPS) is 12.7. The van der Waals surface area contributed by atoms with Gasteiger partial charge < -0.3 is 5.32 Å². The Hall–Kier alpha value is -0.763. The van der Waals surface area contributed by atoms with Crippen molar-refractivity contribution < 1.29 is 0 Å². The highest BCUT2D eigenvalue weighted by molar-refractivity contribution is 6.33. The average molecular weight is 434 g/mol. The summed E-state index contributed by atoms with van der Waals surface area (Å²) >= 11 is 0. The summed E-state index contributed by atoms with van der Waals surface area (Å²) in [7, 11) is 0.346. The minimum atomic E-state index is 0.346. The Labute approximate surface area is 193 Å². The summed E-state index contributed by atoms with van der Waals surface area (Å²) < 4.78 is 0. The molecule has 1 nitrogen and oxygen atoms in total. The van der Waals surface area contributed by atoms with E-state index < -0.39 is 0 Å². The monoisotopic (exact) mass is 433 g/mol. The van der Waals surface area contributed by atoms with E-state index in [1.807, 2.05) is 36.7 Å². The van der Waals surface area contributed by atoms with Crippen molar-refractivity contribution in [2.75, 3.05) is 0 Å². The van der Waals surface area contributed by atoms with Gasteiger partial charge in [0.15, 0.2) is 0 Å². The van der Waals surface area contributed by atoms with Crippen LogP contribution in [-0.2, 0) is 0 Å². The molecule has 0 aliphatic carbocycles. The largest absolute Gasteiger partial charge is 0.368 e. The predicted molar refractivity (Wildman–Crippen MR) is 143 cm³/mol. The maximum Gasteiger partial charge on any atom is 0.0166 e. The standard InChI is InChI=1S/C22H48Si.C6H7N/c1-3-4-5-6-7-8-9-10-11-12-13-14-15-16-17-18-19-20-21-22-23-2;1-2-4-6-7-5-3-1/h3-23H2,1-2H3;1-7H. The van der Waals surface area contributed by atoms with Crippen LogP contribution in [0.5, 0.6) is 0 Å². The first-order chi connectivity index (χ1) is 14.9. The number of allylic oxidation sites excluding steroid dienone is 4. The molecule has 0 spiro atoms. The molecule has 1 heterocycles. The number of nitrogens with one attached hydrogen (secondary N) is 1. The minimum absolute atomic E-state index is 0.346. The van der Waals surface area contributed by atoms with Crippen LogP contribution in [0.4, 0.5) is 0 Å². The lowest BCUT2D eigenvalue weighted by atomic mass is 10.0. The van der Waals surface area contributed by atoms with Crippen LogP contribution in [0.1, 0.15) is 129 Å². The van der Waals surface area contributed by atoms with Gasteiger partial charge in [0.25, 0.3) is 0 Å². The lowest BCUT2D eigenvalue weighted by Crippen LogP contribution is -1.87. The van der Waals surface area contributed by atoms with Gasteiger partial charge in [0.2, 0.25) is 0 Å². The minimum Gasteiger partial charge on any atom is -0.368 e. The van der Waals surface area contributed by atoms with Gasteiger partial charge in [0.05, 0.1) is 0 Å². The molecule has 0 saturated carbocycles. The molecule has 0 radical (unpaired) electrons. The van der Waals surface area contributed by atoms with E-state index in [0.29, 0.717) is 9.52 Å². The highest BCUT2D eigenvalue weighted by Gasteiger charge is 1.95. The second kappa shape index (κ2) is 28.2. The molecular formula is C28H55NSi. The van der Waals surface area contributed by atoms with Crippen molar-refractivity contribution >= 4 is 9.52 Å². The topological polar surface area (TPSA) is 12.0 Å². The van der Waals surface area contributed by atoms with Crippen LogP contribution in [0, 0.1) is 0 Å². The van der Waals surface area contributed by atoms with Crippen LogP contribution in [0.25, 0.3) is 0 Å². The second-order valence-electron chi connectivity index (χ2n) is 8.99. The van der Waals surface area contributed by atoms with E-state index in [9.17, 15) is 0 Å². The Kier molecular flexibility index (Phi) is 27.5. The highest BCUT2D eigenvalue weighted by atomic mass is 28.2. The summed E-state index contributed by atoms with van der Waals surface area (Å²) in [6.07, 6.45) is 39.9. The molecule has 0 atom stereocenters. The lowest BCUT2D eigenvalue weighted by molar-refractivity contribution is 0.524. The van der Waals surface area contributed by atoms with Crippen LogP contribution in [0.15, 0.2) is 36.7 Å². The predicted octanol–water partition coefficient (Wildman–Crippen LogP) is 9.23. The summed E-state index contributed by atoms with van der Waals surface area (Å²) in [5.74, 6) is 0. The van der Waals surface area contributed by atoms with Crippen molar-refractivity contribution in [1.82, 2.24) is 5.32 Å². The van der Waals surface area contributed by atoms with Crippen molar-refractivity contribution in [2.24, 2.45) is 0 Å². The maximum absolute atomic E-state index is 2.92. The Bertz CT molecular complexity index is 352. The van der Waals surface area contributed by atoms with E-state index in [2.05, 4.69) is 18.8 Å². The van der Waals surface area contributed by atoms with Gasteiger partial charge in [0.1, 0.15) is 0 Å². The van der Waals surface area contributed by atoms with Crippen molar-refractivity contribution in [3.8, 4) is 0 Å². The molecule has 1 aliphatic rings. The van der Waals surface area contributed by atoms with Crippen molar-refractivity contribution in [2.45, 2.75) is 142 Å². The third-order valence-corrected chi connectivity index (χ3v) is 7.13. The summed E-state index contributed by atoms with van der Waals surface area (Å²) in [6.45, 7) is 4.74. The number of unbranched alkanes of at least 4 members (excludes halogenated alkanes) is 18. The number of hydrogen-bond donors (Lipinski definition) is 1. The van der Waals surface area contributed by atoms with E-state index >= 15 is 0 Å². The molecule has 0 saturated heterocycles. The maximum atomic E-state index is 2.92. The fourth-order valence-electron chi connectivity index (χ4n) is 3.91. The number of hydrogen-bond acceptors (Lipinski definition) is 1. The first kappa shape index (κ1) is 29.2. The Morgan fingerprint density at radius 1 is 0.467 bits per heavy atom. The van der Waals surface area contributed by atoms with E-state index in [1.165, 1.54) is 122 Å². The molecule has 1 aliphatic heterocycles. The van der Waals surface area contributed by atoms with Gasteiger partial charge in [-0.05, 0) is 12.2 Å². The fraction of sp³-hybridized carbons (Fsp3) is 0.786. The molecule has 0 fully saturated rings. The SMILES string of the molecule is C1=CC=CNC=C1.CCCCCCCCCCCCCCCCCCCCC[SiH2]C. The van der Waals surface area contributed by atoms with Crippen LogP contribution in [0.3, 0.4) is 0 Å². The van der Waals surface area contributed by atoms with Gasteiger partial charge in [-0.2, -0.15) is 0 Å². The van der Waals surface area contributed by atoms with E-state index in [-0.39, 0.29) is 0 Å². The molecule has 0 aromatic carbocycles. The van der Waals surface area contributed by atoms with Crippen LogP contribution in [0.2, 0.25) is 12.6 Å². The summed E-state index contributed by atoms with van der Waals surface area (Å²) in [5, 5.41) is 2.92. The molecular weight excluding hydrogens is 378 g/mol. The Morgan fingerprint density at radius 2 is 0.800 bits per heavy atom. The van der Waals surface area contributed by atoms with Crippen molar-refractivity contribution in [3.63, 3.8) is 0 Å². The first-order valence-corrected chi connectivity index (χ1v) is 16.1. The zero-order chi connectivity index (χ0) is 21.8. The van der Waals surface area contributed by atoms with Gasteiger partial charge in [-0.3, -0.25) is 0 Å². The smallest absolute Gasteiger partial charge is 0.0166 e. The van der Waals surface area contributed by atoms with Gasteiger partial charge in [0, 0.05) is 21.9 Å². The zero-order valence-corrected chi connectivity index (χ0v) is 22.2. The van der Waals surface area contributed by atoms with E-state index in [4.69, 9.17) is 0 Å². The summed E-state index contributed by atoms with van der Waals surface area (Å²) in [5.41, 5.74) is 0. The Balaban J connectivity index is 0.000001000. The molecule has 0 amide bonds. The zero-order valence-electron chi connectivity index (χ0n) is 20.8. The van der Waals surface area contributed by atoms with Gasteiger partial charge in [-0.1, -0.05) is 154 Å². The van der Waals surface area contributed by atoms with Gasteiger partial charge >= 0.3 is 0 Å². The molecule has 30 heavy (non-hydrogen) atoms. The molecule has 1 N–H and O–H groups in total. The lowest BCUT2D eigenvalue weighted by Gasteiger charge is -2.04. The molecule has 0 aromatic rings. The average Bonchev–Trinajstić information content (AvgIpc) is 3.09. The van der Waals surface area contributed by atoms with Crippen LogP contribution < -0.4 is 5.32 Å². The van der Waals surface area contributed by atoms with Gasteiger partial charge in [-0.15, -0.1) is 0 Å². The van der Waals surface area contributed by atoms with Crippen LogP contribution in [-0.4, -0.2) is 9.52 Å². The van der Waals surface area contributed by atoms with Crippen molar-refractivity contribution in [1.29, 1.82) is 0 Å². The molecule has 0 bridgehead atoms. The Morgan fingerprint density at radius 3 is 1.13 bits per heavy atom. The molecule has 1 rings (SSSR count). The third-order valence-electron chi connectivity index (χ3n) is 5.93. The molecule has 2 heteroatoms. The van der Waals surface area contributed by atoms with Crippen LogP contribution >= 0.6 is 0 Å². The van der Waals surface area contributed by atoms with Gasteiger partial charge in [-0.25, -0.2) is 0 Å². The highest BCUT2D eigenvalue weighted by Crippen LogP contribution is 2.14. The summed E-state index contributed by atoms with van der Waals surface area (Å²) in [4.78, 5) is 0. The third kappa shape index (κ3) is 27.2. The van der Waals surface area contributed by atoms with Crippen molar-refractivity contribution in [3.05, 3.63) is 36.7 Å². The van der Waals surface area contributed by atoms with E-state index in [1.54, 1.807) is 6.04 Å². The van der Waals surface area contributed by atoms with E-state index in [0.717, 1.165) is 0 Å². The number of rotatable bonds is 20. The quantitative estimate of drug-likeness (QED) is 0.149. The fourth-order valence-corrected chi connectivity index (χ4v) is 4.76.